The molecule has 1 heterocycles. The fourth-order valence-electron chi connectivity index (χ4n) is 2.42. The summed E-state index contributed by atoms with van der Waals surface area (Å²) in [7, 11) is 1.46. The van der Waals surface area contributed by atoms with Crippen LogP contribution in [-0.2, 0) is 0 Å². The first-order valence-corrected chi connectivity index (χ1v) is 8.18. The van der Waals surface area contributed by atoms with E-state index in [9.17, 15) is 9.90 Å². The molecule has 0 radical (unpaired) electrons. The smallest absolute Gasteiger partial charge is 0.307 e. The quantitative estimate of drug-likeness (QED) is 0.510. The van der Waals surface area contributed by atoms with Crippen molar-refractivity contribution >= 4 is 39.0 Å². The second kappa shape index (κ2) is 6.98. The minimum absolute atomic E-state index is 0.0217. The van der Waals surface area contributed by atoms with Crippen molar-refractivity contribution in [2.45, 2.75) is 6.92 Å². The van der Waals surface area contributed by atoms with Crippen LogP contribution < -0.4 is 10.2 Å². The molecule has 0 bridgehead atoms. The number of hydrazone groups is 1. The summed E-state index contributed by atoms with van der Waals surface area (Å²) in [6.45, 7) is 1.82. The summed E-state index contributed by atoms with van der Waals surface area (Å²) in [6, 6.07) is 10.5. The molecule has 0 aliphatic rings. The largest absolute Gasteiger partial charge is 0.504 e. The Hall–Kier alpha value is -2.80. The molecule has 2 aromatic carbocycles. The number of methoxy groups -OCH3 is 1. The van der Waals surface area contributed by atoms with Gasteiger partial charge in [-0.25, -0.2) is 5.43 Å². The van der Waals surface area contributed by atoms with Crippen molar-refractivity contribution in [2.24, 2.45) is 5.10 Å². The summed E-state index contributed by atoms with van der Waals surface area (Å²) >= 11 is 3.36. The van der Waals surface area contributed by atoms with E-state index < -0.39 is 5.91 Å². The highest BCUT2D eigenvalue weighted by Crippen LogP contribution is 2.31. The number of phenolic OH excluding ortho intramolecular Hbond substituents is 1. The van der Waals surface area contributed by atoms with Gasteiger partial charge in [-0.05, 0) is 41.1 Å². The molecular weight excluding hydrogens is 388 g/mol. The fourth-order valence-corrected chi connectivity index (χ4v) is 2.85. The Morgan fingerprint density at radius 3 is 2.84 bits per heavy atom. The minimum atomic E-state index is -0.446. The van der Waals surface area contributed by atoms with E-state index in [-0.39, 0.29) is 11.5 Å². The van der Waals surface area contributed by atoms with Crippen LogP contribution in [0.3, 0.4) is 0 Å². The summed E-state index contributed by atoms with van der Waals surface area (Å²) in [5, 5.41) is 14.6. The number of nitrogens with one attached hydrogen (secondary N) is 1. The van der Waals surface area contributed by atoms with Crippen LogP contribution in [0.1, 0.15) is 21.7 Å². The molecule has 2 N–H and O–H groups in total. The Morgan fingerprint density at radius 1 is 1.36 bits per heavy atom. The third-order valence-corrected chi connectivity index (χ3v) is 4.40. The van der Waals surface area contributed by atoms with Crippen LogP contribution in [0.25, 0.3) is 11.0 Å². The topological polar surface area (TPSA) is 84.1 Å². The second-order valence-electron chi connectivity index (χ2n) is 5.30. The van der Waals surface area contributed by atoms with Gasteiger partial charge in [-0.2, -0.15) is 5.10 Å². The second-order valence-corrected chi connectivity index (χ2v) is 6.15. The average Bonchev–Trinajstić information content (AvgIpc) is 2.95. The number of nitrogens with zero attached hydrogens (tertiary/aromatic N) is 1. The molecule has 3 aromatic rings. The number of carbonyl (C=O) groups excluding carboxylic acids is 1. The van der Waals surface area contributed by atoms with Gasteiger partial charge in [0, 0.05) is 21.0 Å². The zero-order chi connectivity index (χ0) is 18.0. The highest BCUT2D eigenvalue weighted by molar-refractivity contribution is 9.10. The molecular formula is C18H15BrN2O4. The number of carbonyl (C=O) groups is 1. The highest BCUT2D eigenvalue weighted by Gasteiger charge is 2.16. The number of halogens is 1. The van der Waals surface area contributed by atoms with Crippen LogP contribution in [0.4, 0.5) is 0 Å². The average molecular weight is 403 g/mol. The van der Waals surface area contributed by atoms with Gasteiger partial charge in [-0.1, -0.05) is 18.2 Å². The lowest BCUT2D eigenvalue weighted by atomic mass is 10.1. The summed E-state index contributed by atoms with van der Waals surface area (Å²) in [6.07, 6.45) is 1.42. The van der Waals surface area contributed by atoms with Crippen molar-refractivity contribution in [3.8, 4) is 11.5 Å². The molecule has 1 aromatic heterocycles. The molecule has 3 rings (SSSR count). The maximum Gasteiger partial charge on any atom is 0.307 e. The van der Waals surface area contributed by atoms with E-state index in [0.29, 0.717) is 21.4 Å². The number of ether oxygens (including phenoxy) is 1. The first kappa shape index (κ1) is 17.0. The highest BCUT2D eigenvalue weighted by atomic mass is 79.9. The van der Waals surface area contributed by atoms with Crippen molar-refractivity contribution in [1.82, 2.24) is 5.43 Å². The number of hydrogen-bond acceptors (Lipinski definition) is 5. The lowest BCUT2D eigenvalue weighted by Gasteiger charge is -2.06. The SMILES string of the molecule is COc1cc(Br)c(/C=N\NC(=O)c2oc3ccccc3c2C)cc1O. The Bertz CT molecular complexity index is 979. The van der Waals surface area contributed by atoms with Crippen LogP contribution in [0.5, 0.6) is 11.5 Å². The number of fused-ring (bicyclic) bond motifs is 1. The van der Waals surface area contributed by atoms with Crippen LogP contribution >= 0.6 is 15.9 Å². The standard InChI is InChI=1S/C18H15BrN2O4/c1-10-12-5-3-4-6-15(12)25-17(10)18(23)21-20-9-11-7-14(22)16(24-2)8-13(11)19/h3-9,22H,1-2H3,(H,21,23)/b20-9-. The van der Waals surface area contributed by atoms with Gasteiger partial charge >= 0.3 is 5.91 Å². The normalized spacial score (nSPS) is 11.2. The molecule has 0 aliphatic carbocycles. The number of furan rings is 1. The molecule has 0 atom stereocenters. The van der Waals surface area contributed by atoms with Crippen molar-refractivity contribution in [3.63, 3.8) is 0 Å². The van der Waals surface area contributed by atoms with E-state index in [1.807, 2.05) is 25.1 Å². The third-order valence-electron chi connectivity index (χ3n) is 3.72. The molecule has 0 saturated carbocycles. The number of benzene rings is 2. The molecule has 0 fully saturated rings. The van der Waals surface area contributed by atoms with Gasteiger partial charge in [0.15, 0.2) is 17.3 Å². The third kappa shape index (κ3) is 3.36. The first-order chi connectivity index (χ1) is 12.0. The first-order valence-electron chi connectivity index (χ1n) is 7.39. The number of hydrogen-bond donors (Lipinski definition) is 2. The Kier molecular flexibility index (Phi) is 4.76. The zero-order valence-corrected chi connectivity index (χ0v) is 15.1. The van der Waals surface area contributed by atoms with E-state index in [0.717, 1.165) is 10.9 Å². The van der Waals surface area contributed by atoms with Gasteiger partial charge in [0.25, 0.3) is 0 Å². The monoisotopic (exact) mass is 402 g/mol. The maximum atomic E-state index is 12.3. The molecule has 7 heteroatoms. The summed E-state index contributed by atoms with van der Waals surface area (Å²) in [4.78, 5) is 12.3. The molecule has 0 saturated heterocycles. The van der Waals surface area contributed by atoms with Gasteiger partial charge in [0.1, 0.15) is 5.58 Å². The maximum absolute atomic E-state index is 12.3. The molecule has 0 spiro atoms. The minimum Gasteiger partial charge on any atom is -0.504 e. The van der Waals surface area contributed by atoms with E-state index >= 15 is 0 Å². The number of para-hydroxylation sites is 1. The molecule has 1 amide bonds. The van der Waals surface area contributed by atoms with Gasteiger partial charge < -0.3 is 14.3 Å². The lowest BCUT2D eigenvalue weighted by molar-refractivity contribution is 0.0929. The fraction of sp³-hybridized carbons (Fsp3) is 0.111. The Morgan fingerprint density at radius 2 is 2.12 bits per heavy atom. The Labute approximate surface area is 152 Å². The van der Waals surface area contributed by atoms with Crippen LogP contribution in [-0.4, -0.2) is 24.3 Å². The van der Waals surface area contributed by atoms with Gasteiger partial charge in [0.2, 0.25) is 0 Å². The molecule has 0 aliphatic heterocycles. The van der Waals surface area contributed by atoms with Crippen LogP contribution in [0, 0.1) is 6.92 Å². The van der Waals surface area contributed by atoms with Crippen LogP contribution in [0.15, 0.2) is 50.4 Å². The molecule has 6 nitrogen and oxygen atoms in total. The van der Waals surface area contributed by atoms with Gasteiger partial charge in [0.05, 0.1) is 13.3 Å². The van der Waals surface area contributed by atoms with Crippen LogP contribution in [0.2, 0.25) is 0 Å². The summed E-state index contributed by atoms with van der Waals surface area (Å²) < 4.78 is 11.3. The Balaban J connectivity index is 1.79. The molecule has 128 valence electrons. The predicted molar refractivity (Wildman–Crippen MR) is 98.4 cm³/mol. The van der Waals surface area contributed by atoms with Crippen molar-refractivity contribution < 1.29 is 19.1 Å². The van der Waals surface area contributed by atoms with E-state index in [1.165, 1.54) is 19.4 Å². The van der Waals surface area contributed by atoms with E-state index in [4.69, 9.17) is 9.15 Å². The molecule has 0 unspecified atom stereocenters. The number of amides is 1. The van der Waals surface area contributed by atoms with Crippen molar-refractivity contribution in [3.05, 3.63) is 57.8 Å². The number of aromatic hydroxyl groups is 1. The van der Waals surface area contributed by atoms with Gasteiger partial charge in [-0.3, -0.25) is 4.79 Å². The number of phenols is 1. The summed E-state index contributed by atoms with van der Waals surface area (Å²) in [5.74, 6) is 0.0892. The summed E-state index contributed by atoms with van der Waals surface area (Å²) in [5.41, 5.74) is 4.42. The number of rotatable bonds is 4. The van der Waals surface area contributed by atoms with Crippen molar-refractivity contribution in [1.29, 1.82) is 0 Å². The zero-order valence-electron chi connectivity index (χ0n) is 13.5. The predicted octanol–water partition coefficient (Wildman–Crippen LogP) is 3.98. The lowest BCUT2D eigenvalue weighted by Crippen LogP contribution is -2.17. The number of aryl methyl sites for hydroxylation is 1. The molecule has 25 heavy (non-hydrogen) atoms. The van der Waals surface area contributed by atoms with E-state index in [1.54, 1.807) is 12.1 Å². The van der Waals surface area contributed by atoms with Crippen molar-refractivity contribution in [2.75, 3.05) is 7.11 Å². The van der Waals surface area contributed by atoms with Gasteiger partial charge in [-0.15, -0.1) is 0 Å². The van der Waals surface area contributed by atoms with E-state index in [2.05, 4.69) is 26.5 Å².